The normalized spacial score (nSPS) is 18.6. The van der Waals surface area contributed by atoms with Crippen molar-refractivity contribution in [3.8, 4) is 0 Å². The highest BCUT2D eigenvalue weighted by Crippen LogP contribution is 2.19. The van der Waals surface area contributed by atoms with Crippen LogP contribution in [0.1, 0.15) is 39.5 Å². The number of carbonyl (C=O) groups is 2. The molecule has 1 aliphatic rings. The molecule has 1 aliphatic heterocycles. The van der Waals surface area contributed by atoms with E-state index in [2.05, 4.69) is 24.1 Å². The van der Waals surface area contributed by atoms with Crippen molar-refractivity contribution < 1.29 is 14.7 Å². The van der Waals surface area contributed by atoms with Crippen molar-refractivity contribution in [2.75, 3.05) is 32.7 Å². The van der Waals surface area contributed by atoms with Crippen LogP contribution < -0.4 is 5.32 Å². The number of hydrogen-bond donors (Lipinski definition) is 2. The maximum absolute atomic E-state index is 12.0. The molecule has 0 saturated carbocycles. The number of aliphatic carboxylic acids is 1. The van der Waals surface area contributed by atoms with Crippen molar-refractivity contribution in [1.29, 1.82) is 0 Å². The van der Waals surface area contributed by atoms with Crippen LogP contribution in [0.3, 0.4) is 0 Å². The number of hydrogen-bond acceptors (Lipinski definition) is 3. The van der Waals surface area contributed by atoms with Crippen molar-refractivity contribution in [3.05, 3.63) is 0 Å². The molecule has 6 nitrogen and oxygen atoms in total. The summed E-state index contributed by atoms with van der Waals surface area (Å²) >= 11 is 0. The first-order valence-electron chi connectivity index (χ1n) is 7.57. The molecular formula is C14H27N3O3. The molecule has 1 unspecified atom stereocenters. The minimum Gasteiger partial charge on any atom is -0.481 e. The van der Waals surface area contributed by atoms with Crippen molar-refractivity contribution in [2.45, 2.75) is 45.6 Å². The third kappa shape index (κ3) is 5.36. The Hall–Kier alpha value is -1.30. The monoisotopic (exact) mass is 285 g/mol. The Morgan fingerprint density at radius 2 is 2.05 bits per heavy atom. The van der Waals surface area contributed by atoms with E-state index in [4.69, 9.17) is 5.11 Å². The summed E-state index contributed by atoms with van der Waals surface area (Å²) in [5, 5.41) is 11.7. The van der Waals surface area contributed by atoms with Crippen molar-refractivity contribution in [1.82, 2.24) is 15.1 Å². The average Bonchev–Trinajstić information content (AvgIpc) is 2.86. The van der Waals surface area contributed by atoms with Gasteiger partial charge in [0, 0.05) is 19.1 Å². The summed E-state index contributed by atoms with van der Waals surface area (Å²) in [6, 6.07) is -0.261. The molecule has 0 aromatic heterocycles. The van der Waals surface area contributed by atoms with Crippen LogP contribution in [0, 0.1) is 0 Å². The van der Waals surface area contributed by atoms with E-state index < -0.39 is 5.97 Å². The molecular weight excluding hydrogens is 258 g/mol. The Balaban J connectivity index is 2.26. The van der Waals surface area contributed by atoms with Crippen LogP contribution in [0.5, 0.6) is 0 Å². The highest BCUT2D eigenvalue weighted by molar-refractivity contribution is 5.76. The second-order valence-electron chi connectivity index (χ2n) is 5.20. The lowest BCUT2D eigenvalue weighted by atomic mass is 10.1. The first-order valence-corrected chi connectivity index (χ1v) is 7.57. The van der Waals surface area contributed by atoms with Crippen molar-refractivity contribution in [2.24, 2.45) is 0 Å². The Labute approximate surface area is 121 Å². The number of carboxylic acid groups (broad SMARTS) is 1. The molecule has 6 heteroatoms. The van der Waals surface area contributed by atoms with Gasteiger partial charge in [-0.15, -0.1) is 0 Å². The van der Waals surface area contributed by atoms with Gasteiger partial charge in [-0.2, -0.15) is 0 Å². The summed E-state index contributed by atoms with van der Waals surface area (Å²) in [4.78, 5) is 26.8. The predicted octanol–water partition coefficient (Wildman–Crippen LogP) is 1.37. The minimum atomic E-state index is -0.837. The molecule has 0 aromatic rings. The number of urea groups is 1. The lowest BCUT2D eigenvalue weighted by molar-refractivity contribution is -0.137. The lowest BCUT2D eigenvalue weighted by Gasteiger charge is -2.24. The Morgan fingerprint density at radius 3 is 2.65 bits per heavy atom. The molecule has 1 atom stereocenters. The third-order valence-corrected chi connectivity index (χ3v) is 3.87. The van der Waals surface area contributed by atoms with E-state index in [1.807, 2.05) is 0 Å². The van der Waals surface area contributed by atoms with Gasteiger partial charge in [0.15, 0.2) is 0 Å². The smallest absolute Gasteiger partial charge is 0.317 e. The zero-order valence-corrected chi connectivity index (χ0v) is 12.6. The van der Waals surface area contributed by atoms with Crippen LogP contribution in [-0.2, 0) is 4.79 Å². The van der Waals surface area contributed by atoms with Gasteiger partial charge in [0.1, 0.15) is 0 Å². The number of likely N-dealkylation sites (tertiary alicyclic amines) is 1. The molecule has 1 heterocycles. The second kappa shape index (κ2) is 8.79. The maximum Gasteiger partial charge on any atom is 0.317 e. The summed E-state index contributed by atoms with van der Waals surface area (Å²) in [5.41, 5.74) is 0. The van der Waals surface area contributed by atoms with E-state index in [-0.39, 0.29) is 18.5 Å². The van der Waals surface area contributed by atoms with Gasteiger partial charge < -0.3 is 20.2 Å². The fourth-order valence-corrected chi connectivity index (χ4v) is 2.66. The van der Waals surface area contributed by atoms with Crippen molar-refractivity contribution >= 4 is 12.0 Å². The van der Waals surface area contributed by atoms with E-state index in [1.165, 1.54) is 0 Å². The molecule has 0 radical (unpaired) electrons. The van der Waals surface area contributed by atoms with Crippen LogP contribution in [0.4, 0.5) is 4.79 Å². The van der Waals surface area contributed by atoms with E-state index in [0.29, 0.717) is 13.1 Å². The van der Waals surface area contributed by atoms with Gasteiger partial charge in [-0.3, -0.25) is 4.79 Å². The van der Waals surface area contributed by atoms with Gasteiger partial charge in [0.05, 0.1) is 6.42 Å². The molecule has 1 rings (SSSR count). The van der Waals surface area contributed by atoms with Gasteiger partial charge in [-0.25, -0.2) is 4.79 Å². The summed E-state index contributed by atoms with van der Waals surface area (Å²) < 4.78 is 0. The highest BCUT2D eigenvalue weighted by atomic mass is 16.4. The number of carboxylic acids is 1. The molecule has 0 bridgehead atoms. The molecule has 20 heavy (non-hydrogen) atoms. The number of nitrogens with one attached hydrogen (secondary N) is 1. The molecule has 2 amide bonds. The van der Waals surface area contributed by atoms with Crippen LogP contribution in [0.15, 0.2) is 0 Å². The summed E-state index contributed by atoms with van der Waals surface area (Å²) in [7, 11) is 0. The lowest BCUT2D eigenvalue weighted by Crippen LogP contribution is -2.44. The molecule has 1 saturated heterocycles. The minimum absolute atomic E-state index is 0.0485. The largest absolute Gasteiger partial charge is 0.481 e. The number of nitrogens with zero attached hydrogens (tertiary/aromatic N) is 2. The standard InChI is InChI=1S/C14H27N3O3/c1-3-16(4-2)9-6-8-15-14(20)17-10-5-7-12(17)11-13(18)19/h12H,3-11H2,1-2H3,(H,15,20)(H,18,19). The maximum atomic E-state index is 12.0. The molecule has 116 valence electrons. The topological polar surface area (TPSA) is 72.9 Å². The zero-order valence-electron chi connectivity index (χ0n) is 12.6. The number of amides is 2. The van der Waals surface area contributed by atoms with Crippen LogP contribution >= 0.6 is 0 Å². The molecule has 1 fully saturated rings. The van der Waals surface area contributed by atoms with Crippen LogP contribution in [-0.4, -0.2) is 65.7 Å². The van der Waals surface area contributed by atoms with Gasteiger partial charge in [-0.05, 0) is 38.9 Å². The first-order chi connectivity index (χ1) is 9.58. The van der Waals surface area contributed by atoms with E-state index >= 15 is 0 Å². The Bertz CT molecular complexity index is 319. The fourth-order valence-electron chi connectivity index (χ4n) is 2.66. The van der Waals surface area contributed by atoms with E-state index in [1.54, 1.807) is 4.90 Å². The summed E-state index contributed by atoms with van der Waals surface area (Å²) in [5.74, 6) is -0.837. The SMILES string of the molecule is CCN(CC)CCCNC(=O)N1CCCC1CC(=O)O. The first kappa shape index (κ1) is 16.8. The van der Waals surface area contributed by atoms with E-state index in [0.717, 1.165) is 38.9 Å². The Kier molecular flexibility index (Phi) is 7.36. The van der Waals surface area contributed by atoms with Gasteiger partial charge in [0.25, 0.3) is 0 Å². The predicted molar refractivity (Wildman–Crippen MR) is 77.8 cm³/mol. The van der Waals surface area contributed by atoms with Gasteiger partial charge in [-0.1, -0.05) is 13.8 Å². The Morgan fingerprint density at radius 1 is 1.35 bits per heavy atom. The molecule has 0 aliphatic carbocycles. The van der Waals surface area contributed by atoms with Gasteiger partial charge in [0.2, 0.25) is 0 Å². The summed E-state index contributed by atoms with van der Waals surface area (Å²) in [6.07, 6.45) is 2.65. The molecule has 0 spiro atoms. The van der Waals surface area contributed by atoms with Crippen molar-refractivity contribution in [3.63, 3.8) is 0 Å². The number of carbonyl (C=O) groups excluding carboxylic acids is 1. The number of rotatable bonds is 8. The fraction of sp³-hybridized carbons (Fsp3) is 0.857. The van der Waals surface area contributed by atoms with Gasteiger partial charge >= 0.3 is 12.0 Å². The molecule has 0 aromatic carbocycles. The second-order valence-corrected chi connectivity index (χ2v) is 5.20. The van der Waals surface area contributed by atoms with Crippen LogP contribution in [0.25, 0.3) is 0 Å². The quantitative estimate of drug-likeness (QED) is 0.661. The van der Waals surface area contributed by atoms with Crippen LogP contribution in [0.2, 0.25) is 0 Å². The highest BCUT2D eigenvalue weighted by Gasteiger charge is 2.29. The zero-order chi connectivity index (χ0) is 15.0. The average molecular weight is 285 g/mol. The molecule has 2 N–H and O–H groups in total. The summed E-state index contributed by atoms with van der Waals surface area (Å²) in [6.45, 7) is 8.59. The van der Waals surface area contributed by atoms with E-state index in [9.17, 15) is 9.59 Å². The third-order valence-electron chi connectivity index (χ3n) is 3.87.